The lowest BCUT2D eigenvalue weighted by Gasteiger charge is -2.09. The molecule has 0 aliphatic carbocycles. The summed E-state index contributed by atoms with van der Waals surface area (Å²) in [6.45, 7) is -0.123. The zero-order valence-corrected chi connectivity index (χ0v) is 16.9. The van der Waals surface area contributed by atoms with Crippen LogP contribution in [0.5, 0.6) is 5.75 Å². The number of hydrogen-bond acceptors (Lipinski definition) is 3. The first-order chi connectivity index (χ1) is 15.3. The standard InChI is InChI=1S/C27H22N2O2/c30-27(20-31-26-17-9-15-22-12-7-8-16-24(22)26)29-28-25(23-13-5-2-6-14-23)19-18-21-10-3-1-4-11-21/h1-19H,20H2,(H,29,30). The molecular weight excluding hydrogens is 384 g/mol. The molecule has 0 aromatic heterocycles. The molecule has 4 rings (SSSR count). The molecule has 0 spiro atoms. The molecule has 1 N–H and O–H groups in total. The molecule has 4 heteroatoms. The molecule has 0 saturated carbocycles. The summed E-state index contributed by atoms with van der Waals surface area (Å²) in [7, 11) is 0. The van der Waals surface area contributed by atoms with Crippen LogP contribution in [-0.2, 0) is 4.79 Å². The number of carbonyl (C=O) groups is 1. The van der Waals surface area contributed by atoms with Crippen LogP contribution in [0.25, 0.3) is 16.8 Å². The van der Waals surface area contributed by atoms with E-state index in [-0.39, 0.29) is 12.5 Å². The van der Waals surface area contributed by atoms with E-state index in [1.54, 1.807) is 0 Å². The largest absolute Gasteiger partial charge is 0.483 e. The van der Waals surface area contributed by atoms with Gasteiger partial charge in [-0.2, -0.15) is 5.10 Å². The van der Waals surface area contributed by atoms with Crippen molar-refractivity contribution in [1.82, 2.24) is 5.43 Å². The van der Waals surface area contributed by atoms with Crippen LogP contribution in [-0.4, -0.2) is 18.2 Å². The Morgan fingerprint density at radius 2 is 1.48 bits per heavy atom. The Morgan fingerprint density at radius 3 is 2.29 bits per heavy atom. The number of nitrogens with one attached hydrogen (secondary N) is 1. The van der Waals surface area contributed by atoms with Gasteiger partial charge in [-0.1, -0.05) is 103 Å². The second kappa shape index (κ2) is 10.0. The van der Waals surface area contributed by atoms with Gasteiger partial charge in [-0.15, -0.1) is 0 Å². The van der Waals surface area contributed by atoms with Crippen molar-refractivity contribution in [3.63, 3.8) is 0 Å². The zero-order chi connectivity index (χ0) is 21.3. The second-order valence-corrected chi connectivity index (χ2v) is 6.91. The van der Waals surface area contributed by atoms with Crippen molar-refractivity contribution in [3.05, 3.63) is 120 Å². The molecule has 0 saturated heterocycles. The predicted octanol–water partition coefficient (Wildman–Crippen LogP) is 5.45. The Kier molecular flexibility index (Phi) is 6.51. The van der Waals surface area contributed by atoms with E-state index in [2.05, 4.69) is 10.5 Å². The maximum Gasteiger partial charge on any atom is 0.277 e. The third-order valence-corrected chi connectivity index (χ3v) is 4.71. The topological polar surface area (TPSA) is 50.7 Å². The normalized spacial score (nSPS) is 11.5. The maximum absolute atomic E-state index is 12.4. The number of hydrazone groups is 1. The summed E-state index contributed by atoms with van der Waals surface area (Å²) in [5.74, 6) is 0.346. The van der Waals surface area contributed by atoms with E-state index in [4.69, 9.17) is 4.74 Å². The lowest BCUT2D eigenvalue weighted by molar-refractivity contribution is -0.123. The summed E-state index contributed by atoms with van der Waals surface area (Å²) in [5, 5.41) is 6.37. The van der Waals surface area contributed by atoms with Gasteiger partial charge in [-0.25, -0.2) is 5.43 Å². The number of rotatable bonds is 7. The first-order valence-corrected chi connectivity index (χ1v) is 10.1. The number of ether oxygens (including phenoxy) is 1. The lowest BCUT2D eigenvalue weighted by atomic mass is 10.1. The van der Waals surface area contributed by atoms with Crippen LogP contribution < -0.4 is 10.2 Å². The van der Waals surface area contributed by atoms with Crippen LogP contribution >= 0.6 is 0 Å². The van der Waals surface area contributed by atoms with Crippen LogP contribution in [0.1, 0.15) is 11.1 Å². The van der Waals surface area contributed by atoms with Crippen LogP contribution in [0.2, 0.25) is 0 Å². The number of allylic oxidation sites excluding steroid dienone is 1. The molecule has 0 unspecified atom stereocenters. The van der Waals surface area contributed by atoms with Crippen molar-refractivity contribution in [3.8, 4) is 5.75 Å². The minimum atomic E-state index is -0.325. The fourth-order valence-corrected chi connectivity index (χ4v) is 3.17. The Labute approximate surface area is 181 Å². The smallest absolute Gasteiger partial charge is 0.277 e. The predicted molar refractivity (Wildman–Crippen MR) is 126 cm³/mol. The van der Waals surface area contributed by atoms with Gasteiger partial charge in [-0.05, 0) is 23.1 Å². The Hall–Kier alpha value is -4.18. The number of benzene rings is 4. The average molecular weight is 406 g/mol. The van der Waals surface area contributed by atoms with E-state index >= 15 is 0 Å². The van der Waals surface area contributed by atoms with Crippen LogP contribution in [0.3, 0.4) is 0 Å². The van der Waals surface area contributed by atoms with Gasteiger partial charge < -0.3 is 4.74 Å². The highest BCUT2D eigenvalue weighted by Gasteiger charge is 2.06. The fourth-order valence-electron chi connectivity index (χ4n) is 3.17. The molecule has 0 heterocycles. The summed E-state index contributed by atoms with van der Waals surface area (Å²) >= 11 is 0. The molecule has 0 aliphatic rings. The maximum atomic E-state index is 12.4. The van der Waals surface area contributed by atoms with Crippen molar-refractivity contribution < 1.29 is 9.53 Å². The van der Waals surface area contributed by atoms with Crippen molar-refractivity contribution in [2.75, 3.05) is 6.61 Å². The van der Waals surface area contributed by atoms with Gasteiger partial charge in [0.15, 0.2) is 6.61 Å². The fraction of sp³-hybridized carbons (Fsp3) is 0.0370. The molecule has 0 aliphatic heterocycles. The molecule has 0 atom stereocenters. The first-order valence-electron chi connectivity index (χ1n) is 10.1. The molecule has 0 radical (unpaired) electrons. The van der Waals surface area contributed by atoms with Crippen LogP contribution in [0.4, 0.5) is 0 Å². The van der Waals surface area contributed by atoms with Gasteiger partial charge in [0.25, 0.3) is 5.91 Å². The number of nitrogens with zero attached hydrogens (tertiary/aromatic N) is 1. The summed E-state index contributed by atoms with van der Waals surface area (Å²) in [5.41, 5.74) is 5.22. The second-order valence-electron chi connectivity index (χ2n) is 6.91. The molecule has 4 nitrogen and oxygen atoms in total. The first kappa shape index (κ1) is 20.1. The monoisotopic (exact) mass is 406 g/mol. The Balaban J connectivity index is 1.46. The third kappa shape index (κ3) is 5.46. The molecule has 0 bridgehead atoms. The molecule has 4 aromatic carbocycles. The van der Waals surface area contributed by atoms with Gasteiger partial charge in [0.2, 0.25) is 0 Å². The average Bonchev–Trinajstić information content (AvgIpc) is 2.84. The number of carbonyl (C=O) groups excluding carboxylic acids is 1. The van der Waals surface area contributed by atoms with Gasteiger partial charge in [0, 0.05) is 10.9 Å². The van der Waals surface area contributed by atoms with E-state index in [0.29, 0.717) is 11.5 Å². The minimum absolute atomic E-state index is 0.123. The van der Waals surface area contributed by atoms with E-state index in [0.717, 1.165) is 21.9 Å². The molecule has 152 valence electrons. The Morgan fingerprint density at radius 1 is 0.806 bits per heavy atom. The van der Waals surface area contributed by atoms with Crippen molar-refractivity contribution in [2.45, 2.75) is 0 Å². The van der Waals surface area contributed by atoms with E-state index in [1.807, 2.05) is 115 Å². The van der Waals surface area contributed by atoms with Gasteiger partial charge >= 0.3 is 0 Å². The van der Waals surface area contributed by atoms with Crippen LogP contribution in [0, 0.1) is 0 Å². The molecular formula is C27H22N2O2. The highest BCUT2D eigenvalue weighted by atomic mass is 16.5. The van der Waals surface area contributed by atoms with Crippen LogP contribution in [0.15, 0.2) is 114 Å². The van der Waals surface area contributed by atoms with Crippen molar-refractivity contribution in [2.24, 2.45) is 5.10 Å². The summed E-state index contributed by atoms with van der Waals surface area (Å²) in [6, 6.07) is 33.4. The van der Waals surface area contributed by atoms with Gasteiger partial charge in [0.05, 0.1) is 5.71 Å². The summed E-state index contributed by atoms with van der Waals surface area (Å²) in [6.07, 6.45) is 3.85. The highest BCUT2D eigenvalue weighted by molar-refractivity contribution is 6.11. The highest BCUT2D eigenvalue weighted by Crippen LogP contribution is 2.24. The minimum Gasteiger partial charge on any atom is -0.483 e. The molecule has 31 heavy (non-hydrogen) atoms. The lowest BCUT2D eigenvalue weighted by Crippen LogP contribution is -2.25. The number of hydrogen-bond donors (Lipinski definition) is 1. The van der Waals surface area contributed by atoms with Gasteiger partial charge in [-0.3, -0.25) is 4.79 Å². The SMILES string of the molecule is O=C(COc1cccc2ccccc12)NN=C(C=Cc1ccccc1)c1ccccc1. The quantitative estimate of drug-likeness (QED) is 0.328. The molecule has 4 aromatic rings. The number of amides is 1. The summed E-state index contributed by atoms with van der Waals surface area (Å²) < 4.78 is 5.75. The third-order valence-electron chi connectivity index (χ3n) is 4.71. The van der Waals surface area contributed by atoms with Gasteiger partial charge in [0.1, 0.15) is 5.75 Å². The molecule has 0 fully saturated rings. The molecule has 1 amide bonds. The summed E-state index contributed by atoms with van der Waals surface area (Å²) in [4.78, 5) is 12.4. The zero-order valence-electron chi connectivity index (χ0n) is 16.9. The van der Waals surface area contributed by atoms with E-state index in [9.17, 15) is 4.79 Å². The number of fused-ring (bicyclic) bond motifs is 1. The Bertz CT molecular complexity index is 1210. The van der Waals surface area contributed by atoms with Crippen molar-refractivity contribution >= 4 is 28.5 Å². The van der Waals surface area contributed by atoms with E-state index < -0.39 is 0 Å². The van der Waals surface area contributed by atoms with Crippen molar-refractivity contribution in [1.29, 1.82) is 0 Å². The van der Waals surface area contributed by atoms with E-state index in [1.165, 1.54) is 0 Å².